The third kappa shape index (κ3) is 4.64. The van der Waals surface area contributed by atoms with Crippen LogP contribution in [0.2, 0.25) is 0 Å². The lowest BCUT2D eigenvalue weighted by Gasteiger charge is -2.30. The molecule has 2 atom stereocenters. The monoisotopic (exact) mass is 352 g/mol. The van der Waals surface area contributed by atoms with Gasteiger partial charge in [-0.25, -0.2) is 0 Å². The normalized spacial score (nSPS) is 25.0. The largest absolute Gasteiger partial charge is 0.494 e. The zero-order chi connectivity index (χ0) is 16.2. The summed E-state index contributed by atoms with van der Waals surface area (Å²) in [5.41, 5.74) is 1.08. The average molecular weight is 353 g/mol. The van der Waals surface area contributed by atoms with Crippen LogP contribution in [0.4, 0.5) is 0 Å². The van der Waals surface area contributed by atoms with E-state index < -0.39 is 0 Å². The Morgan fingerprint density at radius 1 is 1.25 bits per heavy atom. The van der Waals surface area contributed by atoms with Crippen molar-refractivity contribution in [2.45, 2.75) is 57.7 Å². The van der Waals surface area contributed by atoms with Gasteiger partial charge in [-0.05, 0) is 44.6 Å². The lowest BCUT2D eigenvalue weighted by Crippen LogP contribution is -2.39. The Kier molecular flexibility index (Phi) is 6.93. The Hall–Kier alpha value is -1.26. The van der Waals surface area contributed by atoms with Gasteiger partial charge < -0.3 is 15.0 Å². The Morgan fingerprint density at radius 2 is 1.92 bits per heavy atom. The fourth-order valence-electron chi connectivity index (χ4n) is 4.02. The van der Waals surface area contributed by atoms with Crippen LogP contribution in [0.15, 0.2) is 24.3 Å². The average Bonchev–Trinajstić information content (AvgIpc) is 2.88. The summed E-state index contributed by atoms with van der Waals surface area (Å²) in [6.45, 7) is 3.25. The van der Waals surface area contributed by atoms with Crippen molar-refractivity contribution in [3.05, 3.63) is 29.8 Å². The summed E-state index contributed by atoms with van der Waals surface area (Å²) in [6, 6.07) is 9.29. The van der Waals surface area contributed by atoms with Crippen LogP contribution in [0, 0.1) is 5.92 Å². The molecule has 0 saturated carbocycles. The molecule has 2 heterocycles. The first kappa shape index (κ1) is 19.1. The smallest absolute Gasteiger partial charge is 0.222 e. The molecule has 2 bridgehead atoms. The Balaban J connectivity index is 0.00000208. The van der Waals surface area contributed by atoms with Crippen molar-refractivity contribution in [2.75, 3.05) is 13.7 Å². The Labute approximate surface area is 151 Å². The van der Waals surface area contributed by atoms with E-state index in [1.807, 2.05) is 43.1 Å². The van der Waals surface area contributed by atoms with Crippen LogP contribution in [-0.2, 0) is 11.3 Å². The molecule has 2 fully saturated rings. The number of carbonyl (C=O) groups is 1. The van der Waals surface area contributed by atoms with Crippen LogP contribution in [-0.4, -0.2) is 36.5 Å². The van der Waals surface area contributed by atoms with Gasteiger partial charge in [0.25, 0.3) is 0 Å². The first-order chi connectivity index (χ1) is 11.2. The molecule has 5 heteroatoms. The van der Waals surface area contributed by atoms with Crippen molar-refractivity contribution in [2.24, 2.45) is 5.92 Å². The van der Waals surface area contributed by atoms with Gasteiger partial charge in [-0.2, -0.15) is 0 Å². The number of benzene rings is 1. The van der Waals surface area contributed by atoms with Gasteiger partial charge in [-0.3, -0.25) is 4.79 Å². The van der Waals surface area contributed by atoms with Gasteiger partial charge in [-0.1, -0.05) is 18.2 Å². The van der Waals surface area contributed by atoms with Gasteiger partial charge in [0.1, 0.15) is 5.75 Å². The SMILES string of the molecule is CCOc1ccccc1CN(C)C(=O)CC1CC2CCC(C1)N2.Cl. The standard InChI is InChI=1S/C19H28N2O2.ClH/c1-3-23-18-7-5-4-6-15(18)13-21(2)19(22)12-14-10-16-8-9-17(11-14)20-16;/h4-7,14,16-17,20H,3,8-13H2,1-2H3;1H. The first-order valence-corrected chi connectivity index (χ1v) is 8.86. The third-order valence-corrected chi connectivity index (χ3v) is 5.14. The molecule has 0 aliphatic carbocycles. The number of halogens is 1. The summed E-state index contributed by atoms with van der Waals surface area (Å²) < 4.78 is 5.66. The van der Waals surface area contributed by atoms with E-state index in [1.165, 1.54) is 12.8 Å². The molecule has 0 aromatic heterocycles. The summed E-state index contributed by atoms with van der Waals surface area (Å²) in [7, 11) is 1.90. The summed E-state index contributed by atoms with van der Waals surface area (Å²) in [5, 5.41) is 3.64. The highest BCUT2D eigenvalue weighted by Gasteiger charge is 2.34. The van der Waals surface area contributed by atoms with E-state index in [9.17, 15) is 4.79 Å². The molecule has 1 N–H and O–H groups in total. The molecular formula is C19H29ClN2O2. The number of carbonyl (C=O) groups excluding carboxylic acids is 1. The van der Waals surface area contributed by atoms with Gasteiger partial charge in [0, 0.05) is 37.7 Å². The molecule has 2 aliphatic heterocycles. The number of nitrogens with zero attached hydrogens (tertiary/aromatic N) is 1. The fourth-order valence-corrected chi connectivity index (χ4v) is 4.02. The summed E-state index contributed by atoms with van der Waals surface area (Å²) >= 11 is 0. The molecule has 3 rings (SSSR count). The lowest BCUT2D eigenvalue weighted by molar-refractivity contribution is -0.131. The van der Waals surface area contributed by atoms with Crippen LogP contribution >= 0.6 is 12.4 Å². The van der Waals surface area contributed by atoms with Crippen molar-refractivity contribution >= 4 is 18.3 Å². The van der Waals surface area contributed by atoms with Gasteiger partial charge in [0.15, 0.2) is 0 Å². The van der Waals surface area contributed by atoms with Crippen molar-refractivity contribution in [3.63, 3.8) is 0 Å². The number of ether oxygens (including phenoxy) is 1. The minimum atomic E-state index is 0. The van der Waals surface area contributed by atoms with E-state index in [-0.39, 0.29) is 18.3 Å². The van der Waals surface area contributed by atoms with Gasteiger partial charge in [0.05, 0.1) is 6.61 Å². The quantitative estimate of drug-likeness (QED) is 0.853. The summed E-state index contributed by atoms with van der Waals surface area (Å²) in [6.07, 6.45) is 5.57. The van der Waals surface area contributed by atoms with E-state index >= 15 is 0 Å². The highest BCUT2D eigenvalue weighted by Crippen LogP contribution is 2.33. The predicted octanol–water partition coefficient (Wildman–Crippen LogP) is 3.39. The number of fused-ring (bicyclic) bond motifs is 2. The molecule has 1 aromatic rings. The number of hydrogen-bond donors (Lipinski definition) is 1. The zero-order valence-corrected chi connectivity index (χ0v) is 15.5. The zero-order valence-electron chi connectivity index (χ0n) is 14.7. The number of piperidine rings is 1. The van der Waals surface area contributed by atoms with Crippen LogP contribution < -0.4 is 10.1 Å². The highest BCUT2D eigenvalue weighted by molar-refractivity contribution is 5.85. The summed E-state index contributed by atoms with van der Waals surface area (Å²) in [4.78, 5) is 14.4. The molecule has 4 nitrogen and oxygen atoms in total. The number of rotatable bonds is 6. The minimum Gasteiger partial charge on any atom is -0.494 e. The molecule has 134 valence electrons. The van der Waals surface area contributed by atoms with Gasteiger partial charge in [0.2, 0.25) is 5.91 Å². The maximum atomic E-state index is 12.6. The van der Waals surface area contributed by atoms with E-state index in [2.05, 4.69) is 5.32 Å². The number of hydrogen-bond acceptors (Lipinski definition) is 3. The fraction of sp³-hybridized carbons (Fsp3) is 0.632. The lowest BCUT2D eigenvalue weighted by atomic mass is 9.89. The first-order valence-electron chi connectivity index (χ1n) is 8.86. The molecule has 2 saturated heterocycles. The van der Waals surface area contributed by atoms with Crippen molar-refractivity contribution < 1.29 is 9.53 Å². The van der Waals surface area contributed by atoms with Gasteiger partial charge in [-0.15, -0.1) is 12.4 Å². The van der Waals surface area contributed by atoms with Crippen LogP contribution in [0.5, 0.6) is 5.75 Å². The van der Waals surface area contributed by atoms with Crippen molar-refractivity contribution in [1.29, 1.82) is 0 Å². The molecule has 1 amide bonds. The van der Waals surface area contributed by atoms with Crippen molar-refractivity contribution in [1.82, 2.24) is 10.2 Å². The van der Waals surface area contributed by atoms with E-state index in [1.54, 1.807) is 0 Å². The van der Waals surface area contributed by atoms with Crippen LogP contribution in [0.25, 0.3) is 0 Å². The number of nitrogens with one attached hydrogen (secondary N) is 1. The molecule has 2 unspecified atom stereocenters. The van der Waals surface area contributed by atoms with Crippen molar-refractivity contribution in [3.8, 4) is 5.75 Å². The molecule has 0 radical (unpaired) electrons. The van der Waals surface area contributed by atoms with Crippen LogP contribution in [0.1, 0.15) is 44.6 Å². The molecule has 1 aromatic carbocycles. The topological polar surface area (TPSA) is 41.6 Å². The predicted molar refractivity (Wildman–Crippen MR) is 98.6 cm³/mol. The second-order valence-electron chi connectivity index (χ2n) is 6.97. The maximum Gasteiger partial charge on any atom is 0.222 e. The Bertz CT molecular complexity index is 540. The molecule has 2 aliphatic rings. The number of amides is 1. The summed E-state index contributed by atoms with van der Waals surface area (Å²) in [5.74, 6) is 1.68. The van der Waals surface area contributed by atoms with E-state index in [0.717, 1.165) is 24.2 Å². The van der Waals surface area contributed by atoms with E-state index in [0.29, 0.717) is 37.6 Å². The third-order valence-electron chi connectivity index (χ3n) is 5.14. The van der Waals surface area contributed by atoms with Crippen LogP contribution in [0.3, 0.4) is 0 Å². The highest BCUT2D eigenvalue weighted by atomic mass is 35.5. The van der Waals surface area contributed by atoms with Gasteiger partial charge >= 0.3 is 0 Å². The second kappa shape index (κ2) is 8.72. The Morgan fingerprint density at radius 3 is 2.58 bits per heavy atom. The number of para-hydroxylation sites is 1. The molecule has 0 spiro atoms. The minimum absolute atomic E-state index is 0. The molecule has 24 heavy (non-hydrogen) atoms. The molecular weight excluding hydrogens is 324 g/mol. The maximum absolute atomic E-state index is 12.6. The van der Waals surface area contributed by atoms with E-state index in [4.69, 9.17) is 4.74 Å². The second-order valence-corrected chi connectivity index (χ2v) is 6.97.